The van der Waals surface area contributed by atoms with E-state index in [1.807, 2.05) is 0 Å². The first-order chi connectivity index (χ1) is 28.9. The Bertz CT molecular complexity index is 1820. The van der Waals surface area contributed by atoms with Crippen molar-refractivity contribution in [3.05, 3.63) is 29.8 Å². The van der Waals surface area contributed by atoms with Crippen LogP contribution in [0.4, 0.5) is 10.5 Å². The van der Waals surface area contributed by atoms with Crippen molar-refractivity contribution < 1.29 is 70.7 Å². The molecule has 0 saturated heterocycles. The lowest BCUT2D eigenvalue weighted by molar-refractivity contribution is -0.148. The van der Waals surface area contributed by atoms with Crippen molar-refractivity contribution in [2.45, 2.75) is 111 Å². The summed E-state index contributed by atoms with van der Waals surface area (Å²) in [5, 5.41) is 23.6. The molecule has 23 heteroatoms. The highest BCUT2D eigenvalue weighted by atomic mass is 32.2. The third-order valence-electron chi connectivity index (χ3n) is 8.84. The third kappa shape index (κ3) is 22.8. The van der Waals surface area contributed by atoms with E-state index in [0.717, 1.165) is 0 Å². The van der Waals surface area contributed by atoms with Crippen LogP contribution < -0.4 is 37.6 Å². The zero-order chi connectivity index (χ0) is 47.2. The van der Waals surface area contributed by atoms with Crippen molar-refractivity contribution in [2.75, 3.05) is 30.8 Å². The van der Waals surface area contributed by atoms with Crippen LogP contribution in [0.15, 0.2) is 24.3 Å². The lowest BCUT2D eigenvalue weighted by Gasteiger charge is -2.28. The Morgan fingerprint density at radius 3 is 1.84 bits per heavy atom. The molecular weight excluding hydrogens is 839 g/mol. The Balaban J connectivity index is 3.20. The Hall–Kier alpha value is -5.68. The molecule has 0 unspecified atom stereocenters. The second-order valence-electron chi connectivity index (χ2n) is 15.3. The second-order valence-corrected chi connectivity index (χ2v) is 16.8. The number of Topliss-reactive ketones (excluding diaryl/α,β-unsaturated/α-hetero) is 1. The number of hydrogen-bond donors (Lipinski definition) is 9. The normalized spacial score (nSPS) is 13.3. The standard InChI is InChI=1S/C39H61N7O15S/c1-22(2)30(47)15-18-60-19-16-31(48)43-28(13-14-32(49)50)35(52)45-29(21-62(57,58)59)36(53)46-33(23(3)4)37(54)44-27(8-7-17-41-39(40)56)34(51)42-26-11-9-25(10-12-26)20-61-38(55)24(5)6/h9-12,22-24,27-29,33H,7-8,13-21H2,1-6H3,(H,42,51)(H,43,48)(H,44,54)(H,45,52)(H,46,53)(H,49,50)(H3,40,41,56)(H,57,58,59)/t27-,28+,29-,33-/m0/s1. The van der Waals surface area contributed by atoms with Gasteiger partial charge in [-0.3, -0.25) is 42.9 Å². The molecule has 0 aliphatic heterocycles. The number of ketones is 1. The number of primary amides is 1. The quantitative estimate of drug-likeness (QED) is 0.0293. The van der Waals surface area contributed by atoms with Gasteiger partial charge in [-0.2, -0.15) is 8.42 Å². The molecule has 348 valence electrons. The number of carbonyl (C=O) groups is 9. The summed E-state index contributed by atoms with van der Waals surface area (Å²) in [7, 11) is -5.00. The number of benzene rings is 1. The van der Waals surface area contributed by atoms with E-state index in [1.54, 1.807) is 39.8 Å². The van der Waals surface area contributed by atoms with Crippen LogP contribution in [0.2, 0.25) is 0 Å². The molecule has 1 aromatic rings. The van der Waals surface area contributed by atoms with E-state index in [9.17, 15) is 61.2 Å². The number of carboxylic acids is 1. The lowest BCUT2D eigenvalue weighted by atomic mass is 10.0. The van der Waals surface area contributed by atoms with E-state index < -0.39 is 106 Å². The van der Waals surface area contributed by atoms with Crippen LogP contribution in [0.25, 0.3) is 0 Å². The Labute approximate surface area is 360 Å². The molecule has 62 heavy (non-hydrogen) atoms. The zero-order valence-corrected chi connectivity index (χ0v) is 36.6. The van der Waals surface area contributed by atoms with Crippen LogP contribution in [0.1, 0.15) is 85.6 Å². The molecule has 1 aromatic carbocycles. The van der Waals surface area contributed by atoms with E-state index in [2.05, 4.69) is 31.9 Å². The molecule has 0 aliphatic carbocycles. The molecule has 4 atom stereocenters. The molecule has 22 nitrogen and oxygen atoms in total. The first kappa shape index (κ1) is 54.3. The van der Waals surface area contributed by atoms with Gasteiger partial charge in [-0.25, -0.2) is 4.79 Å². The minimum Gasteiger partial charge on any atom is -0.481 e. The Morgan fingerprint density at radius 2 is 1.29 bits per heavy atom. The summed E-state index contributed by atoms with van der Waals surface area (Å²) >= 11 is 0. The monoisotopic (exact) mass is 899 g/mol. The molecule has 0 radical (unpaired) electrons. The molecule has 0 bridgehead atoms. The third-order valence-corrected chi connectivity index (χ3v) is 9.60. The van der Waals surface area contributed by atoms with E-state index >= 15 is 0 Å². The molecule has 0 saturated carbocycles. The van der Waals surface area contributed by atoms with E-state index in [-0.39, 0.29) is 69.7 Å². The SMILES string of the molecule is CC(C)C(=O)CCOCCC(=O)N[C@H](CCC(=O)O)C(=O)N[C@@H](CS(=O)(=O)O)C(=O)N[C@H](C(=O)N[C@@H](CCCNC(N)=O)C(=O)Nc1ccc(COC(=O)C(C)C)cc1)C(C)C. The molecule has 0 heterocycles. The summed E-state index contributed by atoms with van der Waals surface area (Å²) in [6.45, 7) is 9.75. The number of nitrogens with one attached hydrogen (secondary N) is 6. The van der Waals surface area contributed by atoms with E-state index in [4.69, 9.17) is 15.2 Å². The predicted molar refractivity (Wildman–Crippen MR) is 222 cm³/mol. The summed E-state index contributed by atoms with van der Waals surface area (Å²) in [6.07, 6.45) is -1.22. The highest BCUT2D eigenvalue weighted by Crippen LogP contribution is 2.14. The van der Waals surface area contributed by atoms with Crippen LogP contribution in [-0.4, -0.2) is 121 Å². The maximum absolute atomic E-state index is 13.7. The number of ether oxygens (including phenoxy) is 2. The topological polar surface area (TPSA) is 345 Å². The second kappa shape index (κ2) is 27.3. The van der Waals surface area contributed by atoms with Crippen molar-refractivity contribution in [3.63, 3.8) is 0 Å². The maximum atomic E-state index is 13.7. The summed E-state index contributed by atoms with van der Waals surface area (Å²) in [5.74, 6) is -9.30. The van der Waals surface area contributed by atoms with Crippen LogP contribution in [-0.2, 0) is 64.6 Å². The average molecular weight is 900 g/mol. The molecular formula is C39H61N7O15S. The van der Waals surface area contributed by atoms with E-state index in [0.29, 0.717) is 11.3 Å². The Morgan fingerprint density at radius 1 is 0.710 bits per heavy atom. The Kier molecular flexibility index (Phi) is 23.9. The van der Waals surface area contributed by atoms with Crippen molar-refractivity contribution in [1.29, 1.82) is 0 Å². The fourth-order valence-corrected chi connectivity index (χ4v) is 5.92. The van der Waals surface area contributed by atoms with Gasteiger partial charge in [0.25, 0.3) is 10.1 Å². The number of esters is 1. The number of anilines is 1. The van der Waals surface area contributed by atoms with Gasteiger partial charge in [-0.15, -0.1) is 0 Å². The van der Waals surface area contributed by atoms with Crippen LogP contribution in [0.5, 0.6) is 0 Å². The van der Waals surface area contributed by atoms with Crippen molar-refractivity contribution >= 4 is 69.1 Å². The summed E-state index contributed by atoms with van der Waals surface area (Å²) in [4.78, 5) is 113. The highest BCUT2D eigenvalue weighted by molar-refractivity contribution is 7.85. The minimum absolute atomic E-state index is 0.00400. The zero-order valence-electron chi connectivity index (χ0n) is 35.8. The number of urea groups is 1. The molecule has 7 amide bonds. The summed E-state index contributed by atoms with van der Waals surface area (Å²) in [6, 6.07) is -0.964. The van der Waals surface area contributed by atoms with E-state index in [1.165, 1.54) is 26.0 Å². The lowest BCUT2D eigenvalue weighted by Crippen LogP contribution is -2.60. The largest absolute Gasteiger partial charge is 0.481 e. The fraction of sp³-hybridized carbons (Fsp3) is 0.615. The first-order valence-corrected chi connectivity index (χ1v) is 21.6. The number of nitrogens with two attached hydrogens (primary N) is 1. The smallest absolute Gasteiger partial charge is 0.312 e. The van der Waals surface area contributed by atoms with Crippen molar-refractivity contribution in [3.8, 4) is 0 Å². The molecule has 10 N–H and O–H groups in total. The highest BCUT2D eigenvalue weighted by Gasteiger charge is 2.35. The van der Waals surface area contributed by atoms with Crippen LogP contribution in [0.3, 0.4) is 0 Å². The summed E-state index contributed by atoms with van der Waals surface area (Å²) in [5.41, 5.74) is 6.07. The van der Waals surface area contributed by atoms with Crippen LogP contribution in [0, 0.1) is 17.8 Å². The molecule has 0 aromatic heterocycles. The molecule has 0 aliphatic rings. The fourth-order valence-electron chi connectivity index (χ4n) is 5.27. The minimum atomic E-state index is -5.00. The number of rotatable bonds is 29. The number of aliphatic carboxylic acids is 1. The van der Waals surface area contributed by atoms with Gasteiger partial charge < -0.3 is 52.2 Å². The van der Waals surface area contributed by atoms with Gasteiger partial charge in [0.05, 0.1) is 19.1 Å². The van der Waals surface area contributed by atoms with Gasteiger partial charge >= 0.3 is 18.0 Å². The first-order valence-electron chi connectivity index (χ1n) is 20.0. The van der Waals surface area contributed by atoms with Gasteiger partial charge in [-0.1, -0.05) is 53.7 Å². The molecule has 1 rings (SSSR count). The van der Waals surface area contributed by atoms with Crippen LogP contribution >= 0.6 is 0 Å². The van der Waals surface area contributed by atoms with Gasteiger partial charge in [0.2, 0.25) is 29.5 Å². The number of amides is 7. The van der Waals surface area contributed by atoms with Gasteiger partial charge in [-0.05, 0) is 42.9 Å². The number of carbonyl (C=O) groups excluding carboxylic acids is 8. The van der Waals surface area contributed by atoms with Gasteiger partial charge in [0.15, 0.2) is 0 Å². The number of carboxylic acid groups (broad SMARTS) is 1. The van der Waals surface area contributed by atoms with Crippen molar-refractivity contribution in [1.82, 2.24) is 26.6 Å². The van der Waals surface area contributed by atoms with Crippen molar-refractivity contribution in [2.24, 2.45) is 23.5 Å². The maximum Gasteiger partial charge on any atom is 0.312 e. The predicted octanol–water partition coefficient (Wildman–Crippen LogP) is 0.142. The van der Waals surface area contributed by atoms with Gasteiger partial charge in [0.1, 0.15) is 42.3 Å². The van der Waals surface area contributed by atoms with Gasteiger partial charge in [0, 0.05) is 37.4 Å². The average Bonchev–Trinajstić information content (AvgIpc) is 3.17. The molecule has 0 fully saturated rings. The number of hydrogen-bond acceptors (Lipinski definition) is 13. The molecule has 0 spiro atoms. The summed E-state index contributed by atoms with van der Waals surface area (Å²) < 4.78 is 44.2.